The minimum atomic E-state index is 0.0843. The number of nitrogens with one attached hydrogen (secondary N) is 2. The van der Waals surface area contributed by atoms with Gasteiger partial charge in [0.15, 0.2) is 5.13 Å². The molecule has 10 heteroatoms. The molecule has 9 nitrogen and oxygen atoms in total. The molecule has 176 valence electrons. The van der Waals surface area contributed by atoms with Gasteiger partial charge in [-0.2, -0.15) is 0 Å². The zero-order chi connectivity index (χ0) is 22.3. The van der Waals surface area contributed by atoms with Crippen molar-refractivity contribution < 1.29 is 18.9 Å². The Labute approximate surface area is 196 Å². The highest BCUT2D eigenvalue weighted by atomic mass is 32.1. The molecule has 0 bridgehead atoms. The van der Waals surface area contributed by atoms with Gasteiger partial charge in [0.2, 0.25) is 0 Å². The van der Waals surface area contributed by atoms with Gasteiger partial charge < -0.3 is 29.6 Å². The smallest absolute Gasteiger partial charge is 0.188 e. The van der Waals surface area contributed by atoms with Crippen LogP contribution in [0.2, 0.25) is 0 Å². The summed E-state index contributed by atoms with van der Waals surface area (Å²) < 4.78 is 23.8. The Morgan fingerprint density at radius 3 is 2.91 bits per heavy atom. The van der Waals surface area contributed by atoms with E-state index in [-0.39, 0.29) is 12.2 Å². The van der Waals surface area contributed by atoms with Gasteiger partial charge >= 0.3 is 0 Å². The van der Waals surface area contributed by atoms with E-state index in [9.17, 15) is 0 Å². The maximum atomic E-state index is 6.45. The fourth-order valence-electron chi connectivity index (χ4n) is 4.07. The second-order valence-corrected chi connectivity index (χ2v) is 9.01. The molecule has 1 aromatic carbocycles. The van der Waals surface area contributed by atoms with E-state index in [1.54, 1.807) is 12.5 Å². The molecule has 3 aromatic rings. The number of hydrogen-bond acceptors (Lipinski definition) is 10. The number of hydrogen-bond donors (Lipinski definition) is 2. The Hall–Kier alpha value is -2.53. The van der Waals surface area contributed by atoms with E-state index in [1.807, 2.05) is 17.5 Å². The van der Waals surface area contributed by atoms with Gasteiger partial charge in [-0.1, -0.05) is 0 Å². The van der Waals surface area contributed by atoms with Crippen molar-refractivity contribution in [2.24, 2.45) is 0 Å². The van der Waals surface area contributed by atoms with Crippen molar-refractivity contribution in [3.8, 4) is 11.5 Å². The van der Waals surface area contributed by atoms with E-state index < -0.39 is 0 Å². The van der Waals surface area contributed by atoms with Gasteiger partial charge in [0.05, 0.1) is 43.4 Å². The van der Waals surface area contributed by atoms with Crippen LogP contribution in [0.15, 0.2) is 30.0 Å². The molecule has 0 aliphatic carbocycles. The Morgan fingerprint density at radius 1 is 1.15 bits per heavy atom. The van der Waals surface area contributed by atoms with Gasteiger partial charge in [-0.3, -0.25) is 0 Å². The van der Waals surface area contributed by atoms with Crippen molar-refractivity contribution in [1.29, 1.82) is 0 Å². The van der Waals surface area contributed by atoms with Gasteiger partial charge in [-0.15, -0.1) is 11.3 Å². The number of ether oxygens (including phenoxy) is 4. The first-order chi connectivity index (χ1) is 16.3. The lowest BCUT2D eigenvalue weighted by atomic mass is 10.1. The Balaban J connectivity index is 1.35. The predicted molar refractivity (Wildman–Crippen MR) is 127 cm³/mol. The van der Waals surface area contributed by atoms with Gasteiger partial charge in [0.1, 0.15) is 29.7 Å². The topological polar surface area (TPSA) is 99.7 Å². The highest BCUT2D eigenvalue weighted by Gasteiger charge is 2.20. The molecule has 1 atom stereocenters. The van der Waals surface area contributed by atoms with E-state index in [2.05, 4.69) is 25.6 Å². The summed E-state index contributed by atoms with van der Waals surface area (Å²) in [5, 5.41) is 10.2. The molecule has 2 aliphatic rings. The summed E-state index contributed by atoms with van der Waals surface area (Å²) in [4.78, 5) is 13.3. The molecule has 0 amide bonds. The van der Waals surface area contributed by atoms with Crippen molar-refractivity contribution >= 4 is 33.2 Å². The van der Waals surface area contributed by atoms with Crippen molar-refractivity contribution in [3.63, 3.8) is 0 Å². The minimum Gasteiger partial charge on any atom is -0.493 e. The standard InChI is InChI=1S/C23H29N5O4S/c1(2-17-14-24-5-10-31-17)7-30-18-12-19-21(20(13-18)32-16-3-8-29-9-4-16)22(27-15-26-19)28-23-25-6-11-33-23/h6,11-13,15-17,24H,1-5,7-10,14H2,(H,25,26,27,28). The van der Waals surface area contributed by atoms with Crippen LogP contribution in [0.1, 0.15) is 25.7 Å². The number of morpholine rings is 1. The van der Waals surface area contributed by atoms with Gasteiger partial charge in [0.25, 0.3) is 0 Å². The molecule has 0 saturated carbocycles. The number of rotatable bonds is 9. The third-order valence-electron chi connectivity index (χ3n) is 5.74. The van der Waals surface area contributed by atoms with Crippen LogP contribution in [-0.2, 0) is 9.47 Å². The van der Waals surface area contributed by atoms with Crippen LogP contribution in [0.4, 0.5) is 10.9 Å². The summed E-state index contributed by atoms with van der Waals surface area (Å²) in [6.07, 6.45) is 7.25. The van der Waals surface area contributed by atoms with E-state index in [4.69, 9.17) is 18.9 Å². The average Bonchev–Trinajstić information content (AvgIpc) is 3.36. The maximum Gasteiger partial charge on any atom is 0.188 e. The van der Waals surface area contributed by atoms with Crippen LogP contribution in [0, 0.1) is 0 Å². The summed E-state index contributed by atoms with van der Waals surface area (Å²) in [6.45, 7) is 4.64. The molecule has 33 heavy (non-hydrogen) atoms. The second kappa shape index (κ2) is 11.1. The molecule has 2 aromatic heterocycles. The number of anilines is 2. The van der Waals surface area contributed by atoms with Crippen LogP contribution in [0.5, 0.6) is 11.5 Å². The first kappa shape index (κ1) is 22.3. The van der Waals surface area contributed by atoms with E-state index in [1.165, 1.54) is 11.3 Å². The van der Waals surface area contributed by atoms with Crippen LogP contribution >= 0.6 is 11.3 Å². The molecule has 2 fully saturated rings. The third kappa shape index (κ3) is 5.89. The van der Waals surface area contributed by atoms with Crippen LogP contribution in [0.3, 0.4) is 0 Å². The molecular formula is C23H29N5O4S. The van der Waals surface area contributed by atoms with Crippen molar-refractivity contribution in [3.05, 3.63) is 30.0 Å². The molecule has 0 radical (unpaired) electrons. The van der Waals surface area contributed by atoms with Gasteiger partial charge in [-0.05, 0) is 12.8 Å². The highest BCUT2D eigenvalue weighted by Crippen LogP contribution is 2.37. The molecule has 1 unspecified atom stereocenters. The summed E-state index contributed by atoms with van der Waals surface area (Å²) in [7, 11) is 0. The fourth-order valence-corrected chi connectivity index (χ4v) is 4.59. The lowest BCUT2D eigenvalue weighted by Gasteiger charge is -2.25. The third-order valence-corrected chi connectivity index (χ3v) is 6.43. The van der Waals surface area contributed by atoms with E-state index >= 15 is 0 Å². The number of thiazole rings is 1. The van der Waals surface area contributed by atoms with Crippen molar-refractivity contribution in [1.82, 2.24) is 20.3 Å². The van der Waals surface area contributed by atoms with Crippen molar-refractivity contribution in [2.75, 3.05) is 44.8 Å². The number of fused-ring (bicyclic) bond motifs is 1. The fraction of sp³-hybridized carbons (Fsp3) is 0.522. The first-order valence-electron chi connectivity index (χ1n) is 11.5. The SMILES string of the molecule is c1csc(Nc2ncnc3cc(OCCCC4CNCCO4)cc(OC4CCOCC4)c23)n1. The maximum absolute atomic E-state index is 6.45. The zero-order valence-corrected chi connectivity index (χ0v) is 19.3. The molecule has 5 rings (SSSR count). The Kier molecular flexibility index (Phi) is 7.47. The monoisotopic (exact) mass is 471 g/mol. The second-order valence-electron chi connectivity index (χ2n) is 8.12. The lowest BCUT2D eigenvalue weighted by Crippen LogP contribution is -2.38. The minimum absolute atomic E-state index is 0.0843. The number of nitrogens with zero attached hydrogens (tertiary/aromatic N) is 3. The molecule has 4 heterocycles. The zero-order valence-electron chi connectivity index (χ0n) is 18.5. The largest absolute Gasteiger partial charge is 0.493 e. The predicted octanol–water partition coefficient (Wildman–Crippen LogP) is 3.54. The molecular weight excluding hydrogens is 442 g/mol. The molecule has 2 N–H and O–H groups in total. The summed E-state index contributed by atoms with van der Waals surface area (Å²) in [5.41, 5.74) is 0.767. The lowest BCUT2D eigenvalue weighted by molar-refractivity contribution is 0.0203. The average molecular weight is 472 g/mol. The Bertz CT molecular complexity index is 1020. The molecule has 2 aliphatic heterocycles. The highest BCUT2D eigenvalue weighted by molar-refractivity contribution is 7.13. The number of benzene rings is 1. The van der Waals surface area contributed by atoms with Gasteiger partial charge in [0, 0.05) is 49.6 Å². The molecule has 2 saturated heterocycles. The normalized spacial score (nSPS) is 19.5. The van der Waals surface area contributed by atoms with Gasteiger partial charge in [-0.25, -0.2) is 15.0 Å². The van der Waals surface area contributed by atoms with Crippen molar-refractivity contribution in [2.45, 2.75) is 37.9 Å². The quantitative estimate of drug-likeness (QED) is 0.454. The first-order valence-corrected chi connectivity index (χ1v) is 12.4. The Morgan fingerprint density at radius 2 is 2.09 bits per heavy atom. The van der Waals surface area contributed by atoms with Crippen LogP contribution < -0.4 is 20.1 Å². The van der Waals surface area contributed by atoms with Crippen LogP contribution in [0.25, 0.3) is 10.9 Å². The van der Waals surface area contributed by atoms with E-state index in [0.717, 1.165) is 67.2 Å². The van der Waals surface area contributed by atoms with E-state index in [0.29, 0.717) is 31.4 Å². The number of aromatic nitrogens is 3. The van der Waals surface area contributed by atoms with Crippen LogP contribution in [-0.4, -0.2) is 66.7 Å². The summed E-state index contributed by atoms with van der Waals surface area (Å²) >= 11 is 1.52. The summed E-state index contributed by atoms with van der Waals surface area (Å²) in [6, 6.07) is 3.90. The summed E-state index contributed by atoms with van der Waals surface area (Å²) in [5.74, 6) is 2.13. The molecule has 0 spiro atoms.